The minimum Gasteiger partial charge on any atom is -0.325 e. The number of hydrogen-bond donors (Lipinski definition) is 2. The summed E-state index contributed by atoms with van der Waals surface area (Å²) in [6.45, 7) is 7.94. The number of rotatable bonds is 7. The van der Waals surface area contributed by atoms with E-state index in [0.717, 1.165) is 33.8 Å². The summed E-state index contributed by atoms with van der Waals surface area (Å²) in [7, 11) is 0. The van der Waals surface area contributed by atoms with Crippen LogP contribution in [0.5, 0.6) is 0 Å². The summed E-state index contributed by atoms with van der Waals surface area (Å²) in [5.41, 5.74) is 5.87. The molecular weight excluding hydrogens is 396 g/mol. The van der Waals surface area contributed by atoms with Crippen molar-refractivity contribution >= 4 is 35.1 Å². The molecule has 2 N–H and O–H groups in total. The van der Waals surface area contributed by atoms with Gasteiger partial charge in [-0.25, -0.2) is 4.68 Å². The van der Waals surface area contributed by atoms with E-state index in [1.807, 2.05) is 70.2 Å². The summed E-state index contributed by atoms with van der Waals surface area (Å²) in [5, 5.41) is 10.2. The van der Waals surface area contributed by atoms with Crippen molar-refractivity contribution in [1.82, 2.24) is 9.78 Å². The summed E-state index contributed by atoms with van der Waals surface area (Å²) in [5.74, 6) is 0.698. The first-order valence-electron chi connectivity index (χ1n) is 9.69. The van der Waals surface area contributed by atoms with Gasteiger partial charge in [0.1, 0.15) is 5.82 Å². The lowest BCUT2D eigenvalue weighted by Gasteiger charge is -2.10. The molecule has 156 valence electrons. The molecule has 3 rings (SSSR count). The molecule has 0 aliphatic heterocycles. The van der Waals surface area contributed by atoms with E-state index in [1.165, 1.54) is 11.8 Å². The van der Waals surface area contributed by atoms with Crippen LogP contribution in [0.1, 0.15) is 22.4 Å². The second kappa shape index (κ2) is 9.63. The van der Waals surface area contributed by atoms with E-state index in [0.29, 0.717) is 5.82 Å². The Hall–Kier alpha value is -3.06. The van der Waals surface area contributed by atoms with Gasteiger partial charge in [-0.2, -0.15) is 5.10 Å². The van der Waals surface area contributed by atoms with Crippen LogP contribution < -0.4 is 10.6 Å². The van der Waals surface area contributed by atoms with Gasteiger partial charge in [-0.1, -0.05) is 23.8 Å². The molecule has 0 aliphatic rings. The summed E-state index contributed by atoms with van der Waals surface area (Å²) in [6, 6.07) is 15.6. The number of benzene rings is 2. The Bertz CT molecular complexity index is 1040. The van der Waals surface area contributed by atoms with Crippen LogP contribution in [0.25, 0.3) is 5.69 Å². The predicted molar refractivity (Wildman–Crippen MR) is 124 cm³/mol. The van der Waals surface area contributed by atoms with Crippen LogP contribution in [0, 0.1) is 27.7 Å². The molecular formula is C23H26N4O2S. The molecule has 1 heterocycles. The fraction of sp³-hybridized carbons (Fsp3) is 0.261. The van der Waals surface area contributed by atoms with Crippen molar-refractivity contribution in [3.8, 4) is 5.69 Å². The number of aromatic nitrogens is 2. The van der Waals surface area contributed by atoms with E-state index in [1.54, 1.807) is 4.68 Å². The maximum absolute atomic E-state index is 12.4. The number of carbonyl (C=O) groups is 2. The number of aryl methyl sites for hydroxylation is 4. The molecule has 7 heteroatoms. The fourth-order valence-corrected chi connectivity index (χ4v) is 3.72. The van der Waals surface area contributed by atoms with Gasteiger partial charge in [-0.15, -0.1) is 11.8 Å². The third kappa shape index (κ3) is 5.97. The van der Waals surface area contributed by atoms with Gasteiger partial charge in [-0.05, 0) is 63.1 Å². The van der Waals surface area contributed by atoms with Crippen molar-refractivity contribution in [2.24, 2.45) is 0 Å². The molecule has 0 bridgehead atoms. The van der Waals surface area contributed by atoms with Crippen LogP contribution in [0.2, 0.25) is 0 Å². The highest BCUT2D eigenvalue weighted by Crippen LogP contribution is 2.20. The third-order valence-electron chi connectivity index (χ3n) is 4.35. The summed E-state index contributed by atoms with van der Waals surface area (Å²) < 4.78 is 1.74. The van der Waals surface area contributed by atoms with Gasteiger partial charge in [0, 0.05) is 11.8 Å². The summed E-state index contributed by atoms with van der Waals surface area (Å²) in [4.78, 5) is 24.5. The zero-order chi connectivity index (χ0) is 21.7. The van der Waals surface area contributed by atoms with Crippen LogP contribution in [0.4, 0.5) is 11.5 Å². The second-order valence-electron chi connectivity index (χ2n) is 7.38. The zero-order valence-electron chi connectivity index (χ0n) is 17.7. The Kier molecular flexibility index (Phi) is 6.95. The molecule has 0 saturated heterocycles. The first kappa shape index (κ1) is 21.6. The standard InChI is InChI=1S/C23H26N4O2S/c1-15-5-7-19(8-6-15)24-22(28)13-30-14-23(29)25-21-12-18(4)26-27(21)20-10-16(2)9-17(3)11-20/h5-12H,13-14H2,1-4H3,(H,24,28)(H,25,29). The van der Waals surface area contributed by atoms with Crippen molar-refractivity contribution in [3.63, 3.8) is 0 Å². The van der Waals surface area contributed by atoms with E-state index in [-0.39, 0.29) is 23.3 Å². The molecule has 0 fully saturated rings. The Morgan fingerprint density at radius 3 is 2.07 bits per heavy atom. The van der Waals surface area contributed by atoms with Crippen LogP contribution in [-0.2, 0) is 9.59 Å². The third-order valence-corrected chi connectivity index (χ3v) is 5.28. The van der Waals surface area contributed by atoms with E-state index in [4.69, 9.17) is 0 Å². The quantitative estimate of drug-likeness (QED) is 0.591. The minimum absolute atomic E-state index is 0.132. The van der Waals surface area contributed by atoms with E-state index < -0.39 is 0 Å². The normalized spacial score (nSPS) is 10.7. The maximum Gasteiger partial charge on any atom is 0.235 e. The van der Waals surface area contributed by atoms with Gasteiger partial charge in [0.05, 0.1) is 22.9 Å². The van der Waals surface area contributed by atoms with Crippen molar-refractivity contribution in [2.45, 2.75) is 27.7 Å². The number of anilines is 2. The smallest absolute Gasteiger partial charge is 0.235 e. The molecule has 30 heavy (non-hydrogen) atoms. The highest BCUT2D eigenvalue weighted by atomic mass is 32.2. The molecule has 0 saturated carbocycles. The largest absolute Gasteiger partial charge is 0.325 e. The average molecular weight is 423 g/mol. The van der Waals surface area contributed by atoms with Gasteiger partial charge >= 0.3 is 0 Å². The summed E-state index contributed by atoms with van der Waals surface area (Å²) >= 11 is 1.27. The number of hydrogen-bond acceptors (Lipinski definition) is 4. The van der Waals surface area contributed by atoms with Gasteiger partial charge < -0.3 is 10.6 Å². The Labute approximate surface area is 181 Å². The molecule has 0 atom stereocenters. The van der Waals surface area contributed by atoms with E-state index >= 15 is 0 Å². The topological polar surface area (TPSA) is 76.0 Å². The molecule has 1 aromatic heterocycles. The molecule has 0 spiro atoms. The molecule has 2 amide bonds. The van der Waals surface area contributed by atoms with Crippen molar-refractivity contribution in [1.29, 1.82) is 0 Å². The van der Waals surface area contributed by atoms with Gasteiger partial charge in [0.25, 0.3) is 0 Å². The lowest BCUT2D eigenvalue weighted by atomic mass is 10.1. The van der Waals surface area contributed by atoms with Gasteiger partial charge in [-0.3, -0.25) is 9.59 Å². The van der Waals surface area contributed by atoms with Crippen LogP contribution in [0.15, 0.2) is 48.5 Å². The highest BCUT2D eigenvalue weighted by Gasteiger charge is 2.12. The Balaban J connectivity index is 1.55. The van der Waals surface area contributed by atoms with Gasteiger partial charge in [0.2, 0.25) is 11.8 Å². The van der Waals surface area contributed by atoms with Crippen LogP contribution in [-0.4, -0.2) is 33.1 Å². The lowest BCUT2D eigenvalue weighted by molar-refractivity contribution is -0.114. The number of carbonyl (C=O) groups excluding carboxylic acids is 2. The molecule has 2 aromatic carbocycles. The van der Waals surface area contributed by atoms with Gasteiger partial charge in [0.15, 0.2) is 0 Å². The molecule has 0 unspecified atom stereocenters. The lowest BCUT2D eigenvalue weighted by Crippen LogP contribution is -2.19. The fourth-order valence-electron chi connectivity index (χ4n) is 3.11. The zero-order valence-corrected chi connectivity index (χ0v) is 18.5. The average Bonchev–Trinajstić information content (AvgIpc) is 3.03. The molecule has 3 aromatic rings. The van der Waals surface area contributed by atoms with E-state index in [2.05, 4.69) is 21.8 Å². The van der Waals surface area contributed by atoms with E-state index in [9.17, 15) is 9.59 Å². The number of amides is 2. The summed E-state index contributed by atoms with van der Waals surface area (Å²) in [6.07, 6.45) is 0. The number of nitrogens with zero attached hydrogens (tertiary/aromatic N) is 2. The predicted octanol–water partition coefficient (Wildman–Crippen LogP) is 4.42. The SMILES string of the molecule is Cc1ccc(NC(=O)CSCC(=O)Nc2cc(C)nn2-c2cc(C)cc(C)c2)cc1. The Morgan fingerprint density at radius 1 is 0.833 bits per heavy atom. The molecule has 0 aliphatic carbocycles. The van der Waals surface area contributed by atoms with Crippen LogP contribution >= 0.6 is 11.8 Å². The number of thioether (sulfide) groups is 1. The highest BCUT2D eigenvalue weighted by molar-refractivity contribution is 8.00. The van der Waals surface area contributed by atoms with Crippen molar-refractivity contribution < 1.29 is 9.59 Å². The van der Waals surface area contributed by atoms with Crippen molar-refractivity contribution in [2.75, 3.05) is 22.1 Å². The first-order chi connectivity index (χ1) is 14.3. The second-order valence-corrected chi connectivity index (χ2v) is 8.37. The minimum atomic E-state index is -0.173. The van der Waals surface area contributed by atoms with Crippen molar-refractivity contribution in [3.05, 3.63) is 70.9 Å². The monoisotopic (exact) mass is 422 g/mol. The van der Waals surface area contributed by atoms with Crippen LogP contribution in [0.3, 0.4) is 0 Å². The maximum atomic E-state index is 12.4. The Morgan fingerprint density at radius 2 is 1.43 bits per heavy atom. The number of nitrogens with one attached hydrogen (secondary N) is 2. The molecule has 0 radical (unpaired) electrons. The first-order valence-corrected chi connectivity index (χ1v) is 10.8. The molecule has 6 nitrogen and oxygen atoms in total.